The predicted molar refractivity (Wildman–Crippen MR) is 67.0 cm³/mol. The highest BCUT2D eigenvalue weighted by Crippen LogP contribution is 2.23. The van der Waals surface area contributed by atoms with Crippen LogP contribution in [-0.2, 0) is 0 Å². The zero-order valence-electron chi connectivity index (χ0n) is 9.49. The third kappa shape index (κ3) is 2.04. The van der Waals surface area contributed by atoms with Gasteiger partial charge >= 0.3 is 0 Å². The van der Waals surface area contributed by atoms with Crippen LogP contribution >= 0.6 is 0 Å². The summed E-state index contributed by atoms with van der Waals surface area (Å²) >= 11 is 0. The van der Waals surface area contributed by atoms with E-state index in [9.17, 15) is 0 Å². The molecule has 2 aromatic rings. The summed E-state index contributed by atoms with van der Waals surface area (Å²) in [5, 5.41) is 0. The van der Waals surface area contributed by atoms with Gasteiger partial charge in [0.15, 0.2) is 0 Å². The molecule has 1 aromatic carbocycles. The highest BCUT2D eigenvalue weighted by atomic mass is 15.2. The summed E-state index contributed by atoms with van der Waals surface area (Å²) in [7, 11) is 0. The number of nitrogens with zero attached hydrogens (tertiary/aromatic N) is 1. The molecule has 0 aliphatic heterocycles. The van der Waals surface area contributed by atoms with Crippen LogP contribution in [0.5, 0.6) is 0 Å². The van der Waals surface area contributed by atoms with E-state index >= 15 is 0 Å². The van der Waals surface area contributed by atoms with E-state index in [1.54, 1.807) is 6.20 Å². The molecule has 0 atom stereocenters. The molecule has 3 nitrogen and oxygen atoms in total. The molecule has 0 fully saturated rings. The molecule has 82 valence electrons. The first-order chi connectivity index (χ1) is 7.70. The fraction of sp³-hybridized carbons (Fsp3) is 0.154. The Labute approximate surface area is 95.3 Å². The van der Waals surface area contributed by atoms with Crippen molar-refractivity contribution < 1.29 is 0 Å². The van der Waals surface area contributed by atoms with Crippen LogP contribution in [0.3, 0.4) is 0 Å². The van der Waals surface area contributed by atoms with Gasteiger partial charge in [-0.1, -0.05) is 23.8 Å². The smallest absolute Gasteiger partial charge is 0.0725 e. The van der Waals surface area contributed by atoms with Gasteiger partial charge in [-0.15, -0.1) is 0 Å². The summed E-state index contributed by atoms with van der Waals surface area (Å²) in [5.41, 5.74) is 8.06. The summed E-state index contributed by atoms with van der Waals surface area (Å²) in [4.78, 5) is 4.35. The van der Waals surface area contributed by atoms with Crippen molar-refractivity contribution in [3.05, 3.63) is 47.7 Å². The fourth-order valence-electron chi connectivity index (χ4n) is 1.77. The lowest BCUT2D eigenvalue weighted by Crippen LogP contribution is -2.06. The number of benzene rings is 1. The number of aryl methyl sites for hydroxylation is 2. The summed E-state index contributed by atoms with van der Waals surface area (Å²) in [6, 6.07) is 10.1. The SMILES string of the molecule is Cc1ccc(-c2cc(NN)ccn2)c(C)c1. The lowest BCUT2D eigenvalue weighted by Gasteiger charge is -2.07. The Morgan fingerprint density at radius 1 is 1.12 bits per heavy atom. The Kier molecular flexibility index (Phi) is 2.88. The van der Waals surface area contributed by atoms with Crippen molar-refractivity contribution >= 4 is 5.69 Å². The maximum absolute atomic E-state index is 5.38. The minimum Gasteiger partial charge on any atom is -0.324 e. The molecule has 0 bridgehead atoms. The maximum atomic E-state index is 5.38. The molecule has 0 saturated heterocycles. The number of pyridine rings is 1. The van der Waals surface area contributed by atoms with Crippen LogP contribution in [0, 0.1) is 13.8 Å². The Morgan fingerprint density at radius 2 is 1.94 bits per heavy atom. The van der Waals surface area contributed by atoms with E-state index < -0.39 is 0 Å². The first-order valence-electron chi connectivity index (χ1n) is 5.21. The number of nitrogens with two attached hydrogens (primary N) is 1. The zero-order chi connectivity index (χ0) is 11.5. The van der Waals surface area contributed by atoms with Crippen LogP contribution in [0.1, 0.15) is 11.1 Å². The summed E-state index contributed by atoms with van der Waals surface area (Å²) in [5.74, 6) is 5.38. The molecule has 0 aliphatic rings. The van der Waals surface area contributed by atoms with Gasteiger partial charge in [0.2, 0.25) is 0 Å². The van der Waals surface area contributed by atoms with Crippen LogP contribution in [-0.4, -0.2) is 4.98 Å². The third-order valence-electron chi connectivity index (χ3n) is 2.58. The second kappa shape index (κ2) is 4.33. The van der Waals surface area contributed by atoms with Crippen molar-refractivity contribution in [2.75, 3.05) is 5.43 Å². The van der Waals surface area contributed by atoms with E-state index in [4.69, 9.17) is 5.84 Å². The molecular weight excluding hydrogens is 198 g/mol. The average molecular weight is 213 g/mol. The molecule has 1 heterocycles. The molecule has 2 rings (SSSR count). The van der Waals surface area contributed by atoms with Gasteiger partial charge < -0.3 is 5.43 Å². The van der Waals surface area contributed by atoms with E-state index in [1.165, 1.54) is 11.1 Å². The van der Waals surface area contributed by atoms with Gasteiger partial charge in [-0.3, -0.25) is 10.8 Å². The normalized spacial score (nSPS) is 10.2. The van der Waals surface area contributed by atoms with Crippen molar-refractivity contribution in [3.63, 3.8) is 0 Å². The van der Waals surface area contributed by atoms with Crippen molar-refractivity contribution in [2.24, 2.45) is 5.84 Å². The Morgan fingerprint density at radius 3 is 2.62 bits per heavy atom. The van der Waals surface area contributed by atoms with Crippen LogP contribution in [0.2, 0.25) is 0 Å². The largest absolute Gasteiger partial charge is 0.324 e. The highest BCUT2D eigenvalue weighted by Gasteiger charge is 2.03. The number of hydrazine groups is 1. The second-order valence-corrected chi connectivity index (χ2v) is 3.89. The van der Waals surface area contributed by atoms with Gasteiger partial charge in [-0.2, -0.15) is 0 Å². The predicted octanol–water partition coefficient (Wildman–Crippen LogP) is 2.65. The molecule has 0 radical (unpaired) electrons. The van der Waals surface area contributed by atoms with E-state index in [-0.39, 0.29) is 0 Å². The van der Waals surface area contributed by atoms with Gasteiger partial charge in [0.1, 0.15) is 0 Å². The minimum atomic E-state index is 0.866. The van der Waals surface area contributed by atoms with E-state index in [0.717, 1.165) is 16.9 Å². The summed E-state index contributed by atoms with van der Waals surface area (Å²) in [6.45, 7) is 4.18. The van der Waals surface area contributed by atoms with E-state index in [2.05, 4.69) is 42.5 Å². The first kappa shape index (κ1) is 10.6. The molecule has 0 aliphatic carbocycles. The quantitative estimate of drug-likeness (QED) is 0.595. The minimum absolute atomic E-state index is 0.866. The topological polar surface area (TPSA) is 50.9 Å². The summed E-state index contributed by atoms with van der Waals surface area (Å²) in [6.07, 6.45) is 1.75. The lowest BCUT2D eigenvalue weighted by molar-refractivity contribution is 1.27. The van der Waals surface area contributed by atoms with Gasteiger partial charge in [-0.05, 0) is 31.5 Å². The molecule has 3 N–H and O–H groups in total. The third-order valence-corrected chi connectivity index (χ3v) is 2.58. The zero-order valence-corrected chi connectivity index (χ0v) is 9.49. The van der Waals surface area contributed by atoms with Crippen LogP contribution in [0.4, 0.5) is 5.69 Å². The summed E-state index contributed by atoms with van der Waals surface area (Å²) < 4.78 is 0. The molecule has 0 amide bonds. The van der Waals surface area contributed by atoms with Gasteiger partial charge in [-0.25, -0.2) is 0 Å². The molecule has 0 spiro atoms. The highest BCUT2D eigenvalue weighted by molar-refractivity contribution is 5.67. The van der Waals surface area contributed by atoms with Crippen LogP contribution in [0.25, 0.3) is 11.3 Å². The molecular formula is C13H15N3. The molecule has 1 aromatic heterocycles. The number of hydrogen-bond donors (Lipinski definition) is 2. The number of aromatic nitrogens is 1. The monoisotopic (exact) mass is 213 g/mol. The van der Waals surface area contributed by atoms with Gasteiger partial charge in [0.25, 0.3) is 0 Å². The first-order valence-corrected chi connectivity index (χ1v) is 5.21. The van der Waals surface area contributed by atoms with Gasteiger partial charge in [0.05, 0.1) is 11.4 Å². The maximum Gasteiger partial charge on any atom is 0.0725 e. The molecule has 16 heavy (non-hydrogen) atoms. The Balaban J connectivity index is 2.49. The lowest BCUT2D eigenvalue weighted by atomic mass is 10.0. The standard InChI is InChI=1S/C13H15N3/c1-9-3-4-12(10(2)7-9)13-8-11(16-14)5-6-15-13/h3-8H,14H2,1-2H3,(H,15,16). The number of hydrogen-bond acceptors (Lipinski definition) is 3. The van der Waals surface area contributed by atoms with Crippen LogP contribution in [0.15, 0.2) is 36.5 Å². The molecule has 0 unspecified atom stereocenters. The van der Waals surface area contributed by atoms with E-state index in [0.29, 0.717) is 0 Å². The van der Waals surface area contributed by atoms with Crippen molar-refractivity contribution in [1.82, 2.24) is 4.98 Å². The fourth-order valence-corrected chi connectivity index (χ4v) is 1.77. The number of nitrogens with one attached hydrogen (secondary N) is 1. The molecule has 3 heteroatoms. The molecule has 0 saturated carbocycles. The number of nitrogen functional groups attached to an aromatic ring is 1. The number of rotatable bonds is 2. The van der Waals surface area contributed by atoms with Crippen LogP contribution < -0.4 is 11.3 Å². The average Bonchev–Trinajstić information content (AvgIpc) is 2.29. The Hall–Kier alpha value is -1.87. The van der Waals surface area contributed by atoms with Crippen molar-refractivity contribution in [1.29, 1.82) is 0 Å². The van der Waals surface area contributed by atoms with Gasteiger partial charge in [0, 0.05) is 11.8 Å². The van der Waals surface area contributed by atoms with E-state index in [1.807, 2.05) is 12.1 Å². The van der Waals surface area contributed by atoms with Crippen molar-refractivity contribution in [2.45, 2.75) is 13.8 Å². The Bertz CT molecular complexity index is 506. The van der Waals surface area contributed by atoms with Crippen molar-refractivity contribution in [3.8, 4) is 11.3 Å². The number of anilines is 1. The second-order valence-electron chi connectivity index (χ2n) is 3.89.